The Morgan fingerprint density at radius 1 is 0.533 bits per heavy atom. The van der Waals surface area contributed by atoms with Crippen LogP contribution in [0.15, 0.2) is 107 Å². The zero-order valence-corrected chi connectivity index (χ0v) is 16.8. The van der Waals surface area contributed by atoms with Crippen LogP contribution in [0, 0.1) is 0 Å². The highest BCUT2D eigenvalue weighted by Crippen LogP contribution is 2.29. The minimum absolute atomic E-state index is 0.633. The molecule has 4 rings (SSSR count). The topological polar surface area (TPSA) is 93.6 Å². The van der Waals surface area contributed by atoms with Crippen molar-refractivity contribution < 1.29 is 14.0 Å². The van der Waals surface area contributed by atoms with E-state index in [-0.39, 0.29) is 0 Å². The van der Waals surface area contributed by atoms with Gasteiger partial charge in [-0.15, -0.1) is 0 Å². The lowest BCUT2D eigenvalue weighted by Crippen LogP contribution is -2.02. The maximum atomic E-state index is 12.9. The summed E-state index contributed by atoms with van der Waals surface area (Å²) in [7, 11) is 0. The maximum Gasteiger partial charge on any atom is 0.158 e. The molecule has 0 aliphatic carbocycles. The van der Waals surface area contributed by atoms with Crippen molar-refractivity contribution in [1.29, 1.82) is 0 Å². The SMILES string of the molecule is Nc1cccc(Oc2ccc([S+]([O-])c3ccc(Oc4cccc(N)c4)cc3)cc2)c1. The molecule has 30 heavy (non-hydrogen) atoms. The smallest absolute Gasteiger partial charge is 0.158 e. The van der Waals surface area contributed by atoms with Crippen molar-refractivity contribution in [2.24, 2.45) is 0 Å². The Kier molecular flexibility index (Phi) is 5.79. The van der Waals surface area contributed by atoms with Crippen molar-refractivity contribution in [3.05, 3.63) is 97.1 Å². The molecule has 0 unspecified atom stereocenters. The Bertz CT molecular complexity index is 1040. The predicted octanol–water partition coefficient (Wildman–Crippen LogP) is 5.60. The van der Waals surface area contributed by atoms with Gasteiger partial charge in [-0.25, -0.2) is 0 Å². The third-order valence-corrected chi connectivity index (χ3v) is 5.66. The van der Waals surface area contributed by atoms with Crippen LogP contribution in [0.4, 0.5) is 11.4 Å². The zero-order valence-electron chi connectivity index (χ0n) is 16.0. The summed E-state index contributed by atoms with van der Waals surface area (Å²) in [5, 5.41) is 0. The molecule has 0 aromatic heterocycles. The summed E-state index contributed by atoms with van der Waals surface area (Å²) in [6, 6.07) is 28.7. The van der Waals surface area contributed by atoms with Crippen LogP contribution in [0.3, 0.4) is 0 Å². The highest BCUT2D eigenvalue weighted by molar-refractivity contribution is 7.91. The Labute approximate surface area is 178 Å². The molecule has 0 saturated carbocycles. The fourth-order valence-electron chi connectivity index (χ4n) is 2.83. The molecule has 5 nitrogen and oxygen atoms in total. The van der Waals surface area contributed by atoms with Gasteiger partial charge >= 0.3 is 0 Å². The van der Waals surface area contributed by atoms with Crippen LogP contribution >= 0.6 is 0 Å². The van der Waals surface area contributed by atoms with Crippen molar-refractivity contribution in [3.63, 3.8) is 0 Å². The second kappa shape index (κ2) is 8.82. The average Bonchev–Trinajstić information content (AvgIpc) is 2.74. The van der Waals surface area contributed by atoms with E-state index in [0.29, 0.717) is 44.2 Å². The minimum Gasteiger partial charge on any atom is -0.606 e. The Morgan fingerprint density at radius 3 is 1.30 bits per heavy atom. The van der Waals surface area contributed by atoms with Crippen molar-refractivity contribution >= 4 is 22.6 Å². The standard InChI is InChI=1S/C24H20N2O3S/c25-17-3-1-5-21(15-17)28-19-7-11-23(12-8-19)30(27)24-13-9-20(10-14-24)29-22-6-2-4-18(26)16-22/h1-16H,25-26H2. The van der Waals surface area contributed by atoms with Crippen molar-refractivity contribution in [2.75, 3.05) is 11.5 Å². The van der Waals surface area contributed by atoms with Crippen LogP contribution < -0.4 is 20.9 Å². The second-order valence-electron chi connectivity index (χ2n) is 6.56. The van der Waals surface area contributed by atoms with E-state index in [0.717, 1.165) is 0 Å². The molecule has 0 aliphatic heterocycles. The van der Waals surface area contributed by atoms with E-state index in [1.807, 2.05) is 24.3 Å². The van der Waals surface area contributed by atoms with Gasteiger partial charge in [0.1, 0.15) is 23.0 Å². The summed E-state index contributed by atoms with van der Waals surface area (Å²) in [4.78, 5) is 1.36. The number of hydrogen-bond acceptors (Lipinski definition) is 5. The summed E-state index contributed by atoms with van der Waals surface area (Å²) in [5.74, 6) is 2.60. The van der Waals surface area contributed by atoms with Gasteiger partial charge in [-0.3, -0.25) is 0 Å². The molecule has 0 radical (unpaired) electrons. The van der Waals surface area contributed by atoms with Gasteiger partial charge in [0.15, 0.2) is 9.79 Å². The average molecular weight is 417 g/mol. The minimum atomic E-state index is -1.31. The number of benzene rings is 4. The maximum absolute atomic E-state index is 12.9. The summed E-state index contributed by atoms with van der Waals surface area (Å²) in [6.07, 6.45) is 0. The Hall–Kier alpha value is -3.61. The molecule has 0 saturated heterocycles. The van der Waals surface area contributed by atoms with E-state index in [4.69, 9.17) is 20.9 Å². The van der Waals surface area contributed by atoms with Gasteiger partial charge in [0, 0.05) is 34.7 Å². The molecule has 0 aliphatic rings. The number of nitrogens with two attached hydrogens (primary N) is 2. The van der Waals surface area contributed by atoms with Crippen LogP contribution in [0.1, 0.15) is 0 Å². The molecular weight excluding hydrogens is 396 g/mol. The molecule has 4 aromatic carbocycles. The molecule has 4 N–H and O–H groups in total. The van der Waals surface area contributed by atoms with E-state index in [1.165, 1.54) is 0 Å². The molecule has 0 amide bonds. The molecule has 0 bridgehead atoms. The molecule has 6 heteroatoms. The lowest BCUT2D eigenvalue weighted by molar-refractivity contribution is 0.482. The van der Waals surface area contributed by atoms with Crippen molar-refractivity contribution in [3.8, 4) is 23.0 Å². The van der Waals surface area contributed by atoms with E-state index in [2.05, 4.69) is 0 Å². The van der Waals surface area contributed by atoms with Crippen LogP contribution in [0.2, 0.25) is 0 Å². The first-order valence-corrected chi connectivity index (χ1v) is 10.4. The highest BCUT2D eigenvalue weighted by Gasteiger charge is 2.15. The quantitative estimate of drug-likeness (QED) is 0.315. The van der Waals surface area contributed by atoms with Crippen LogP contribution in [0.5, 0.6) is 23.0 Å². The molecule has 0 heterocycles. The lowest BCUT2D eigenvalue weighted by Gasteiger charge is -2.12. The van der Waals surface area contributed by atoms with Gasteiger partial charge in [-0.05, 0) is 72.8 Å². The third-order valence-electron chi connectivity index (χ3n) is 4.26. The van der Waals surface area contributed by atoms with E-state index < -0.39 is 11.2 Å². The summed E-state index contributed by atoms with van der Waals surface area (Å²) in [5.41, 5.74) is 12.8. The molecule has 0 atom stereocenters. The molecular formula is C24H20N2O3S. The van der Waals surface area contributed by atoms with Crippen LogP contribution in [-0.4, -0.2) is 4.55 Å². The van der Waals surface area contributed by atoms with Gasteiger partial charge in [0.05, 0.1) is 0 Å². The van der Waals surface area contributed by atoms with Gasteiger partial charge < -0.3 is 25.5 Å². The monoisotopic (exact) mass is 416 g/mol. The number of anilines is 2. The van der Waals surface area contributed by atoms with Gasteiger partial charge in [0.2, 0.25) is 0 Å². The first-order valence-electron chi connectivity index (χ1n) is 9.25. The Morgan fingerprint density at radius 2 is 0.933 bits per heavy atom. The normalized spacial score (nSPS) is 10.7. The zero-order chi connectivity index (χ0) is 20.9. The van der Waals surface area contributed by atoms with Crippen molar-refractivity contribution in [2.45, 2.75) is 9.79 Å². The van der Waals surface area contributed by atoms with Gasteiger partial charge in [-0.2, -0.15) is 0 Å². The number of hydrogen-bond donors (Lipinski definition) is 2. The molecule has 150 valence electrons. The first kappa shape index (κ1) is 19.7. The first-order chi connectivity index (χ1) is 14.6. The predicted molar refractivity (Wildman–Crippen MR) is 119 cm³/mol. The fourth-order valence-corrected chi connectivity index (χ4v) is 3.87. The van der Waals surface area contributed by atoms with Gasteiger partial charge in [0.25, 0.3) is 0 Å². The van der Waals surface area contributed by atoms with E-state index in [1.54, 1.807) is 72.8 Å². The number of ether oxygens (including phenoxy) is 2. The van der Waals surface area contributed by atoms with E-state index >= 15 is 0 Å². The molecule has 0 spiro atoms. The second-order valence-corrected chi connectivity index (χ2v) is 8.04. The third kappa shape index (κ3) is 4.86. The fraction of sp³-hybridized carbons (Fsp3) is 0. The van der Waals surface area contributed by atoms with Crippen LogP contribution in [-0.2, 0) is 11.2 Å². The summed E-state index contributed by atoms with van der Waals surface area (Å²) in [6.45, 7) is 0. The lowest BCUT2D eigenvalue weighted by atomic mass is 10.3. The van der Waals surface area contributed by atoms with Crippen LogP contribution in [0.25, 0.3) is 0 Å². The van der Waals surface area contributed by atoms with Gasteiger partial charge in [-0.1, -0.05) is 12.1 Å². The molecule has 0 fully saturated rings. The van der Waals surface area contributed by atoms with Crippen molar-refractivity contribution in [1.82, 2.24) is 0 Å². The summed E-state index contributed by atoms with van der Waals surface area (Å²) >= 11 is -1.31. The number of rotatable bonds is 6. The highest BCUT2D eigenvalue weighted by atomic mass is 32.2. The summed E-state index contributed by atoms with van der Waals surface area (Å²) < 4.78 is 24.4. The number of nitrogen functional groups attached to an aromatic ring is 2. The van der Waals surface area contributed by atoms with E-state index in [9.17, 15) is 4.55 Å². The molecule has 4 aromatic rings. The largest absolute Gasteiger partial charge is 0.606 e. The Balaban J connectivity index is 1.43.